The molecule has 0 bridgehead atoms. The lowest BCUT2D eigenvalue weighted by Gasteiger charge is -2.22. The van der Waals surface area contributed by atoms with Gasteiger partial charge >= 0.3 is 0 Å². The predicted molar refractivity (Wildman–Crippen MR) is 85.2 cm³/mol. The Labute approximate surface area is 122 Å². The lowest BCUT2D eigenvalue weighted by Crippen LogP contribution is -2.31. The Bertz CT molecular complexity index is 400. The maximum Gasteiger partial charge on any atom is 0.142 e. The number of hydrogen-bond donors (Lipinski definition) is 2. The van der Waals surface area contributed by atoms with Gasteiger partial charge in [0.15, 0.2) is 0 Å². The Hall–Kier alpha value is -1.22. The summed E-state index contributed by atoms with van der Waals surface area (Å²) in [5.74, 6) is 0.802. The Morgan fingerprint density at radius 3 is 2.75 bits per heavy atom. The van der Waals surface area contributed by atoms with Crippen LogP contribution in [0.15, 0.2) is 18.2 Å². The van der Waals surface area contributed by atoms with Crippen molar-refractivity contribution in [1.82, 2.24) is 5.32 Å². The van der Waals surface area contributed by atoms with Crippen LogP contribution in [0, 0.1) is 0 Å². The van der Waals surface area contributed by atoms with E-state index in [1.54, 1.807) is 0 Å². The molecule has 1 saturated carbocycles. The zero-order valence-electron chi connectivity index (χ0n) is 12.7. The lowest BCUT2D eigenvalue weighted by atomic mass is 9.95. The number of ether oxygens (including phenoxy) is 1. The monoisotopic (exact) mass is 276 g/mol. The zero-order valence-corrected chi connectivity index (χ0v) is 12.7. The van der Waals surface area contributed by atoms with Crippen LogP contribution in [-0.2, 0) is 6.42 Å². The molecule has 1 fully saturated rings. The number of nitrogens with two attached hydrogens (primary N) is 1. The molecule has 0 spiro atoms. The summed E-state index contributed by atoms with van der Waals surface area (Å²) in [5, 5.41) is 3.68. The van der Waals surface area contributed by atoms with E-state index >= 15 is 0 Å². The normalized spacial score (nSPS) is 16.2. The fourth-order valence-electron chi connectivity index (χ4n) is 2.95. The smallest absolute Gasteiger partial charge is 0.142 e. The van der Waals surface area contributed by atoms with E-state index in [1.807, 2.05) is 19.1 Å². The highest BCUT2D eigenvalue weighted by atomic mass is 16.5. The Morgan fingerprint density at radius 1 is 1.25 bits per heavy atom. The third-order valence-electron chi connectivity index (χ3n) is 4.05. The molecular weight excluding hydrogens is 248 g/mol. The number of aryl methyl sites for hydroxylation is 1. The van der Waals surface area contributed by atoms with Crippen molar-refractivity contribution >= 4 is 5.69 Å². The molecule has 1 aromatic carbocycles. The van der Waals surface area contributed by atoms with E-state index in [9.17, 15) is 0 Å². The molecule has 0 heterocycles. The van der Waals surface area contributed by atoms with Crippen molar-refractivity contribution in [3.63, 3.8) is 0 Å². The Morgan fingerprint density at radius 2 is 2.05 bits per heavy atom. The average Bonchev–Trinajstić information content (AvgIpc) is 2.48. The number of anilines is 1. The molecule has 1 aromatic rings. The molecule has 1 aliphatic rings. The quantitative estimate of drug-likeness (QED) is 0.591. The van der Waals surface area contributed by atoms with Crippen LogP contribution in [0.3, 0.4) is 0 Å². The van der Waals surface area contributed by atoms with Crippen molar-refractivity contribution in [3.05, 3.63) is 23.8 Å². The second kappa shape index (κ2) is 8.15. The first kappa shape index (κ1) is 15.2. The molecule has 3 N–H and O–H groups in total. The van der Waals surface area contributed by atoms with Crippen molar-refractivity contribution < 1.29 is 4.74 Å². The summed E-state index contributed by atoms with van der Waals surface area (Å²) < 4.78 is 5.46. The van der Waals surface area contributed by atoms with Gasteiger partial charge in [-0.05, 0) is 56.8 Å². The molecule has 3 heteroatoms. The molecule has 0 aromatic heterocycles. The van der Waals surface area contributed by atoms with Gasteiger partial charge in [0, 0.05) is 6.04 Å². The van der Waals surface area contributed by atoms with Crippen LogP contribution in [0.1, 0.15) is 51.0 Å². The van der Waals surface area contributed by atoms with Gasteiger partial charge in [-0.1, -0.05) is 25.3 Å². The standard InChI is InChI=1S/C17H28N2O/c1-2-20-17-11-10-14(13-16(17)18)7-6-12-19-15-8-4-3-5-9-15/h10-11,13,15,19H,2-9,12,18H2,1H3. The van der Waals surface area contributed by atoms with Gasteiger partial charge in [0.2, 0.25) is 0 Å². The summed E-state index contributed by atoms with van der Waals surface area (Å²) in [5.41, 5.74) is 8.04. The molecule has 112 valence electrons. The molecular formula is C17H28N2O. The van der Waals surface area contributed by atoms with Gasteiger partial charge < -0.3 is 15.8 Å². The molecule has 0 unspecified atom stereocenters. The van der Waals surface area contributed by atoms with E-state index in [0.717, 1.165) is 30.4 Å². The van der Waals surface area contributed by atoms with Crippen LogP contribution in [0.2, 0.25) is 0 Å². The summed E-state index contributed by atoms with van der Waals surface area (Å²) in [6.07, 6.45) is 9.18. The van der Waals surface area contributed by atoms with Crippen molar-refractivity contribution in [3.8, 4) is 5.75 Å². The van der Waals surface area contributed by atoms with Crippen LogP contribution in [0.25, 0.3) is 0 Å². The predicted octanol–water partition coefficient (Wildman–Crippen LogP) is 3.52. The molecule has 2 rings (SSSR count). The van der Waals surface area contributed by atoms with Crippen molar-refractivity contribution in [1.29, 1.82) is 0 Å². The highest BCUT2D eigenvalue weighted by molar-refractivity contribution is 5.54. The van der Waals surface area contributed by atoms with Crippen LogP contribution >= 0.6 is 0 Å². The Balaban J connectivity index is 1.69. The van der Waals surface area contributed by atoms with Gasteiger partial charge in [-0.3, -0.25) is 0 Å². The largest absolute Gasteiger partial charge is 0.492 e. The van der Waals surface area contributed by atoms with E-state index < -0.39 is 0 Å². The first-order valence-corrected chi connectivity index (χ1v) is 8.04. The van der Waals surface area contributed by atoms with Crippen molar-refractivity contribution in [2.24, 2.45) is 0 Å². The molecule has 1 aliphatic carbocycles. The van der Waals surface area contributed by atoms with Crippen molar-refractivity contribution in [2.45, 2.75) is 57.9 Å². The number of nitrogen functional groups attached to an aromatic ring is 1. The zero-order chi connectivity index (χ0) is 14.2. The molecule has 0 atom stereocenters. The summed E-state index contributed by atoms with van der Waals surface area (Å²) in [4.78, 5) is 0. The van der Waals surface area contributed by atoms with E-state index in [1.165, 1.54) is 44.1 Å². The average molecular weight is 276 g/mol. The molecule has 0 radical (unpaired) electrons. The van der Waals surface area contributed by atoms with E-state index in [-0.39, 0.29) is 0 Å². The highest BCUT2D eigenvalue weighted by Crippen LogP contribution is 2.23. The second-order valence-electron chi connectivity index (χ2n) is 5.70. The molecule has 0 amide bonds. The fourth-order valence-corrected chi connectivity index (χ4v) is 2.95. The molecule has 3 nitrogen and oxygen atoms in total. The summed E-state index contributed by atoms with van der Waals surface area (Å²) in [6, 6.07) is 6.92. The number of hydrogen-bond acceptors (Lipinski definition) is 3. The topological polar surface area (TPSA) is 47.3 Å². The van der Waals surface area contributed by atoms with Crippen molar-refractivity contribution in [2.75, 3.05) is 18.9 Å². The van der Waals surface area contributed by atoms with Gasteiger partial charge in [0.25, 0.3) is 0 Å². The van der Waals surface area contributed by atoms with Crippen LogP contribution < -0.4 is 15.8 Å². The number of benzene rings is 1. The first-order chi connectivity index (χ1) is 9.79. The van der Waals surface area contributed by atoms with E-state index in [2.05, 4.69) is 11.4 Å². The minimum Gasteiger partial charge on any atom is -0.492 e. The number of nitrogens with one attached hydrogen (secondary N) is 1. The molecule has 0 saturated heterocycles. The third kappa shape index (κ3) is 4.71. The van der Waals surface area contributed by atoms with Crippen LogP contribution in [0.4, 0.5) is 5.69 Å². The first-order valence-electron chi connectivity index (χ1n) is 8.04. The van der Waals surface area contributed by atoms with Gasteiger partial charge in [0.05, 0.1) is 12.3 Å². The van der Waals surface area contributed by atoms with Gasteiger partial charge in [0.1, 0.15) is 5.75 Å². The van der Waals surface area contributed by atoms with E-state index in [0.29, 0.717) is 6.61 Å². The second-order valence-corrected chi connectivity index (χ2v) is 5.70. The lowest BCUT2D eigenvalue weighted by molar-refractivity contribution is 0.342. The maximum atomic E-state index is 5.99. The highest BCUT2D eigenvalue weighted by Gasteiger charge is 2.11. The molecule has 0 aliphatic heterocycles. The minimum absolute atomic E-state index is 0.662. The van der Waals surface area contributed by atoms with Gasteiger partial charge in [-0.2, -0.15) is 0 Å². The summed E-state index contributed by atoms with van der Waals surface area (Å²) in [6.45, 7) is 3.75. The van der Waals surface area contributed by atoms with Gasteiger partial charge in [-0.15, -0.1) is 0 Å². The van der Waals surface area contributed by atoms with Crippen LogP contribution in [-0.4, -0.2) is 19.2 Å². The van der Waals surface area contributed by atoms with Crippen LogP contribution in [0.5, 0.6) is 5.75 Å². The van der Waals surface area contributed by atoms with Gasteiger partial charge in [-0.25, -0.2) is 0 Å². The molecule has 20 heavy (non-hydrogen) atoms. The minimum atomic E-state index is 0.662. The summed E-state index contributed by atoms with van der Waals surface area (Å²) in [7, 11) is 0. The number of rotatable bonds is 7. The SMILES string of the molecule is CCOc1ccc(CCCNC2CCCCC2)cc1N. The summed E-state index contributed by atoms with van der Waals surface area (Å²) >= 11 is 0. The maximum absolute atomic E-state index is 5.99. The fraction of sp³-hybridized carbons (Fsp3) is 0.647. The van der Waals surface area contributed by atoms with E-state index in [4.69, 9.17) is 10.5 Å². The Kier molecular flexibility index (Phi) is 6.19. The third-order valence-corrected chi connectivity index (χ3v) is 4.05.